The second kappa shape index (κ2) is 8.73. The van der Waals surface area contributed by atoms with Gasteiger partial charge in [0.25, 0.3) is 0 Å². The van der Waals surface area contributed by atoms with Crippen LogP contribution in [0.5, 0.6) is 0 Å². The number of hydrogen-bond donors (Lipinski definition) is 0. The summed E-state index contributed by atoms with van der Waals surface area (Å²) in [6, 6.07) is 24.6. The van der Waals surface area contributed by atoms with Gasteiger partial charge in [-0.25, -0.2) is 0 Å². The van der Waals surface area contributed by atoms with Crippen LogP contribution in [0.25, 0.3) is 5.76 Å². The molecule has 122 valence electrons. The zero-order chi connectivity index (χ0) is 16.5. The summed E-state index contributed by atoms with van der Waals surface area (Å²) in [5.74, 6) is 1.06. The Balaban J connectivity index is 2.29. The minimum Gasteiger partial charge on any atom is -0.543 e. The fraction of sp³-hybridized carbons (Fsp3) is 0.333. The zero-order valence-electron chi connectivity index (χ0n) is 14.6. The smallest absolute Gasteiger partial charge is 0.250 e. The Labute approximate surface area is 142 Å². The SMILES string of the molecule is CC[Si](CC)(CC)O/C(=C\Cc1ccccc1)c1ccccc1. The molecule has 0 aliphatic rings. The second-order valence-electron chi connectivity index (χ2n) is 5.97. The molecule has 0 saturated carbocycles. The summed E-state index contributed by atoms with van der Waals surface area (Å²) in [5.41, 5.74) is 2.51. The van der Waals surface area contributed by atoms with Crippen LogP contribution in [-0.2, 0) is 10.8 Å². The van der Waals surface area contributed by atoms with Crippen LogP contribution in [0.4, 0.5) is 0 Å². The van der Waals surface area contributed by atoms with Crippen LogP contribution >= 0.6 is 0 Å². The van der Waals surface area contributed by atoms with Crippen molar-refractivity contribution >= 4 is 14.1 Å². The van der Waals surface area contributed by atoms with Crippen molar-refractivity contribution in [1.82, 2.24) is 0 Å². The van der Waals surface area contributed by atoms with Crippen molar-refractivity contribution in [3.8, 4) is 0 Å². The van der Waals surface area contributed by atoms with E-state index < -0.39 is 8.32 Å². The third kappa shape index (κ3) is 4.83. The first-order valence-corrected chi connectivity index (χ1v) is 11.2. The molecule has 0 amide bonds. The predicted octanol–water partition coefficient (Wildman–Crippen LogP) is 6.29. The third-order valence-electron chi connectivity index (χ3n) is 4.68. The molecule has 0 aromatic heterocycles. The van der Waals surface area contributed by atoms with Crippen molar-refractivity contribution in [3.63, 3.8) is 0 Å². The van der Waals surface area contributed by atoms with Gasteiger partial charge in [0.2, 0.25) is 8.32 Å². The quantitative estimate of drug-likeness (QED) is 0.409. The molecule has 0 aliphatic carbocycles. The highest BCUT2D eigenvalue weighted by molar-refractivity contribution is 6.74. The molecule has 2 heteroatoms. The average molecular weight is 325 g/mol. The van der Waals surface area contributed by atoms with E-state index in [2.05, 4.69) is 87.5 Å². The summed E-state index contributed by atoms with van der Waals surface area (Å²) in [7, 11) is -1.67. The zero-order valence-corrected chi connectivity index (χ0v) is 15.6. The standard InChI is InChI=1S/C21H28OSi/c1-4-23(5-2,6-3)22-21(20-15-11-8-12-16-20)18-17-19-13-9-7-10-14-19/h7-16,18H,4-6,17H2,1-3H3/b21-18-. The Morgan fingerprint density at radius 3 is 1.87 bits per heavy atom. The maximum Gasteiger partial charge on any atom is 0.250 e. The predicted molar refractivity (Wildman–Crippen MR) is 103 cm³/mol. The molecule has 1 nitrogen and oxygen atoms in total. The molecule has 2 rings (SSSR count). The van der Waals surface area contributed by atoms with Crippen LogP contribution in [0.2, 0.25) is 18.1 Å². The Hall–Kier alpha value is -1.80. The molecule has 0 bridgehead atoms. The highest BCUT2D eigenvalue weighted by atomic mass is 28.4. The van der Waals surface area contributed by atoms with E-state index in [0.29, 0.717) is 0 Å². The largest absolute Gasteiger partial charge is 0.543 e. The Morgan fingerprint density at radius 2 is 1.35 bits per heavy atom. The van der Waals surface area contributed by atoms with Gasteiger partial charge in [-0.05, 0) is 36.2 Å². The van der Waals surface area contributed by atoms with Gasteiger partial charge in [-0.15, -0.1) is 0 Å². The lowest BCUT2D eigenvalue weighted by molar-refractivity contribution is 0.489. The van der Waals surface area contributed by atoms with E-state index >= 15 is 0 Å². The van der Waals surface area contributed by atoms with E-state index in [4.69, 9.17) is 4.43 Å². The van der Waals surface area contributed by atoms with E-state index in [1.807, 2.05) is 0 Å². The lowest BCUT2D eigenvalue weighted by Gasteiger charge is -2.30. The number of benzene rings is 2. The fourth-order valence-electron chi connectivity index (χ4n) is 2.85. The van der Waals surface area contributed by atoms with Crippen molar-refractivity contribution in [1.29, 1.82) is 0 Å². The molecular weight excluding hydrogens is 296 g/mol. The summed E-state index contributed by atoms with van der Waals surface area (Å²) in [5, 5.41) is 0. The number of hydrogen-bond acceptors (Lipinski definition) is 1. The van der Waals surface area contributed by atoms with Crippen LogP contribution < -0.4 is 0 Å². The number of allylic oxidation sites excluding steroid dienone is 1. The summed E-state index contributed by atoms with van der Waals surface area (Å²) in [6.07, 6.45) is 3.17. The van der Waals surface area contributed by atoms with Gasteiger partial charge < -0.3 is 4.43 Å². The fourth-order valence-corrected chi connectivity index (χ4v) is 5.45. The minimum absolute atomic E-state index is 0.909. The Bertz CT molecular complexity index is 592. The molecule has 0 spiro atoms. The van der Waals surface area contributed by atoms with E-state index in [0.717, 1.165) is 30.3 Å². The van der Waals surface area contributed by atoms with Crippen molar-refractivity contribution in [3.05, 3.63) is 77.9 Å². The van der Waals surface area contributed by atoms with Gasteiger partial charge in [0.05, 0.1) is 0 Å². The van der Waals surface area contributed by atoms with Gasteiger partial charge in [-0.1, -0.05) is 81.4 Å². The highest BCUT2D eigenvalue weighted by Gasteiger charge is 2.31. The summed E-state index contributed by atoms with van der Waals surface area (Å²) in [6.45, 7) is 6.83. The molecule has 0 N–H and O–H groups in total. The van der Waals surface area contributed by atoms with Crippen LogP contribution in [0.3, 0.4) is 0 Å². The summed E-state index contributed by atoms with van der Waals surface area (Å²) < 4.78 is 6.69. The maximum atomic E-state index is 6.69. The van der Waals surface area contributed by atoms with Crippen LogP contribution in [-0.4, -0.2) is 8.32 Å². The molecule has 2 aromatic rings. The Kier molecular flexibility index (Phi) is 6.66. The maximum absolute atomic E-state index is 6.69. The normalized spacial score (nSPS) is 12.2. The first-order chi connectivity index (χ1) is 11.2. The monoisotopic (exact) mass is 324 g/mol. The van der Waals surface area contributed by atoms with Gasteiger partial charge in [0.15, 0.2) is 0 Å². The lowest BCUT2D eigenvalue weighted by Crippen LogP contribution is -2.35. The molecule has 0 fully saturated rings. The third-order valence-corrected chi connectivity index (χ3v) is 9.20. The summed E-state index contributed by atoms with van der Waals surface area (Å²) in [4.78, 5) is 0. The van der Waals surface area contributed by atoms with E-state index in [1.54, 1.807) is 0 Å². The van der Waals surface area contributed by atoms with Gasteiger partial charge in [-0.3, -0.25) is 0 Å². The van der Waals surface area contributed by atoms with E-state index in [1.165, 1.54) is 11.1 Å². The molecule has 23 heavy (non-hydrogen) atoms. The van der Waals surface area contributed by atoms with Gasteiger partial charge in [0, 0.05) is 5.56 Å². The van der Waals surface area contributed by atoms with Crippen molar-refractivity contribution in [2.75, 3.05) is 0 Å². The second-order valence-corrected chi connectivity index (χ2v) is 10.7. The molecule has 0 aliphatic heterocycles. The van der Waals surface area contributed by atoms with Crippen molar-refractivity contribution in [2.45, 2.75) is 45.3 Å². The summed E-state index contributed by atoms with van der Waals surface area (Å²) >= 11 is 0. The minimum atomic E-state index is -1.67. The van der Waals surface area contributed by atoms with Gasteiger partial charge >= 0.3 is 0 Å². The first kappa shape index (κ1) is 17.5. The molecule has 0 heterocycles. The topological polar surface area (TPSA) is 9.23 Å². The van der Waals surface area contributed by atoms with E-state index in [9.17, 15) is 0 Å². The van der Waals surface area contributed by atoms with Crippen LogP contribution in [0, 0.1) is 0 Å². The molecular formula is C21H28OSi. The van der Waals surface area contributed by atoms with Crippen molar-refractivity contribution < 1.29 is 4.43 Å². The first-order valence-electron chi connectivity index (χ1n) is 8.71. The molecule has 0 unspecified atom stereocenters. The van der Waals surface area contributed by atoms with Gasteiger partial charge in [-0.2, -0.15) is 0 Å². The van der Waals surface area contributed by atoms with Crippen molar-refractivity contribution in [2.24, 2.45) is 0 Å². The molecule has 0 saturated heterocycles. The highest BCUT2D eigenvalue weighted by Crippen LogP contribution is 2.29. The lowest BCUT2D eigenvalue weighted by atomic mass is 10.1. The average Bonchev–Trinajstić information content (AvgIpc) is 2.64. The molecule has 2 aromatic carbocycles. The van der Waals surface area contributed by atoms with Crippen LogP contribution in [0.15, 0.2) is 66.7 Å². The number of rotatable bonds is 8. The molecule has 0 atom stereocenters. The van der Waals surface area contributed by atoms with E-state index in [-0.39, 0.29) is 0 Å². The molecule has 0 radical (unpaired) electrons. The van der Waals surface area contributed by atoms with Crippen LogP contribution in [0.1, 0.15) is 31.9 Å². The van der Waals surface area contributed by atoms with Gasteiger partial charge in [0.1, 0.15) is 5.76 Å². The Morgan fingerprint density at radius 1 is 0.826 bits per heavy atom.